The Kier molecular flexibility index (Phi) is 4.63. The van der Waals surface area contributed by atoms with E-state index in [2.05, 4.69) is 0 Å². The Hall–Kier alpha value is -1.58. The lowest BCUT2D eigenvalue weighted by molar-refractivity contribution is 0.242. The first kappa shape index (κ1) is 14.8. The van der Waals surface area contributed by atoms with Gasteiger partial charge in [0.05, 0.1) is 6.10 Å². The topological polar surface area (TPSA) is 44.5 Å². The van der Waals surface area contributed by atoms with Crippen LogP contribution in [0, 0.1) is 0 Å². The normalized spacial score (nSPS) is 10.7. The zero-order valence-corrected chi connectivity index (χ0v) is 12.7. The number of ether oxygens (including phenoxy) is 2. The molecular weight excluding hydrogens is 297 g/mol. The summed E-state index contributed by atoms with van der Waals surface area (Å²) in [6, 6.07) is 10.2. The Morgan fingerprint density at radius 1 is 0.850 bits per heavy atom. The fourth-order valence-electron chi connectivity index (χ4n) is 1.72. The molecule has 0 radical (unpaired) electrons. The predicted molar refractivity (Wildman–Crippen MR) is 83.2 cm³/mol. The van der Waals surface area contributed by atoms with Crippen molar-refractivity contribution in [2.24, 2.45) is 0 Å². The monoisotopic (exact) mass is 311 g/mol. The largest absolute Gasteiger partial charge is 0.491 e. The molecule has 0 saturated heterocycles. The maximum atomic E-state index is 5.93. The highest BCUT2D eigenvalue weighted by molar-refractivity contribution is 6.34. The fraction of sp³-hybridized carbons (Fsp3) is 0.200. The minimum Gasteiger partial charge on any atom is -0.491 e. The van der Waals surface area contributed by atoms with E-state index >= 15 is 0 Å². The molecular formula is C15H15Cl2NO2. The molecule has 0 aliphatic rings. The summed E-state index contributed by atoms with van der Waals surface area (Å²) in [5.74, 6) is 1.77. The van der Waals surface area contributed by atoms with E-state index in [0.29, 0.717) is 33.0 Å². The third-order valence-corrected chi connectivity index (χ3v) is 2.78. The van der Waals surface area contributed by atoms with Crippen molar-refractivity contribution in [3.63, 3.8) is 0 Å². The maximum absolute atomic E-state index is 5.93. The zero-order valence-electron chi connectivity index (χ0n) is 11.2. The molecule has 106 valence electrons. The van der Waals surface area contributed by atoms with Crippen LogP contribution in [-0.2, 0) is 0 Å². The molecule has 5 heteroatoms. The third kappa shape index (κ3) is 4.22. The van der Waals surface area contributed by atoms with Crippen LogP contribution < -0.4 is 15.2 Å². The standard InChI is InChI=1S/C15H15Cl2NO2/c1-9(2)19-14-6-12(18)7-15(8-14)20-13-4-10(16)3-11(17)5-13/h3-9H,18H2,1-2H3. The quantitative estimate of drug-likeness (QED) is 0.794. The van der Waals surface area contributed by atoms with Gasteiger partial charge >= 0.3 is 0 Å². The SMILES string of the molecule is CC(C)Oc1cc(N)cc(Oc2cc(Cl)cc(Cl)c2)c1. The van der Waals surface area contributed by atoms with Crippen molar-refractivity contribution in [1.29, 1.82) is 0 Å². The molecule has 0 heterocycles. The van der Waals surface area contributed by atoms with E-state index in [1.807, 2.05) is 13.8 Å². The molecule has 0 aliphatic carbocycles. The molecule has 0 fully saturated rings. The fourth-order valence-corrected chi connectivity index (χ4v) is 2.22. The average molecular weight is 312 g/mol. The minimum atomic E-state index is 0.0604. The van der Waals surface area contributed by atoms with Gasteiger partial charge in [0.25, 0.3) is 0 Å². The number of rotatable bonds is 4. The molecule has 2 N–H and O–H groups in total. The van der Waals surface area contributed by atoms with Gasteiger partial charge < -0.3 is 15.2 Å². The first-order chi connectivity index (χ1) is 9.42. The molecule has 0 saturated carbocycles. The summed E-state index contributed by atoms with van der Waals surface area (Å²) in [6.07, 6.45) is 0.0604. The van der Waals surface area contributed by atoms with Crippen molar-refractivity contribution >= 4 is 28.9 Å². The molecule has 0 amide bonds. The van der Waals surface area contributed by atoms with Gasteiger partial charge in [0.1, 0.15) is 17.2 Å². The van der Waals surface area contributed by atoms with E-state index in [-0.39, 0.29) is 6.10 Å². The highest BCUT2D eigenvalue weighted by Crippen LogP contribution is 2.32. The van der Waals surface area contributed by atoms with E-state index < -0.39 is 0 Å². The van der Waals surface area contributed by atoms with Crippen LogP contribution in [0.5, 0.6) is 17.2 Å². The van der Waals surface area contributed by atoms with Crippen LogP contribution in [0.4, 0.5) is 5.69 Å². The van der Waals surface area contributed by atoms with Gasteiger partial charge in [-0.2, -0.15) is 0 Å². The van der Waals surface area contributed by atoms with Gasteiger partial charge in [0.2, 0.25) is 0 Å². The van der Waals surface area contributed by atoms with Crippen LogP contribution in [0.3, 0.4) is 0 Å². The van der Waals surface area contributed by atoms with Gasteiger partial charge in [-0.15, -0.1) is 0 Å². The molecule has 0 atom stereocenters. The van der Waals surface area contributed by atoms with E-state index in [0.717, 1.165) is 0 Å². The number of anilines is 1. The van der Waals surface area contributed by atoms with Crippen LogP contribution in [0.15, 0.2) is 36.4 Å². The summed E-state index contributed by atoms with van der Waals surface area (Å²) in [4.78, 5) is 0. The van der Waals surface area contributed by atoms with Gasteiger partial charge in [-0.3, -0.25) is 0 Å². The highest BCUT2D eigenvalue weighted by atomic mass is 35.5. The number of benzene rings is 2. The molecule has 0 unspecified atom stereocenters. The Bertz CT molecular complexity index is 595. The van der Waals surface area contributed by atoms with Crippen LogP contribution >= 0.6 is 23.2 Å². The lowest BCUT2D eigenvalue weighted by Crippen LogP contribution is -2.05. The van der Waals surface area contributed by atoms with Crippen molar-refractivity contribution in [2.45, 2.75) is 20.0 Å². The molecule has 2 aromatic rings. The van der Waals surface area contributed by atoms with Crippen LogP contribution in [0.2, 0.25) is 10.0 Å². The molecule has 20 heavy (non-hydrogen) atoms. The number of hydrogen-bond acceptors (Lipinski definition) is 3. The second-order valence-electron chi connectivity index (χ2n) is 4.61. The Morgan fingerprint density at radius 3 is 2.00 bits per heavy atom. The van der Waals surface area contributed by atoms with Crippen molar-refractivity contribution in [3.05, 3.63) is 46.4 Å². The summed E-state index contributed by atoms with van der Waals surface area (Å²) >= 11 is 11.9. The van der Waals surface area contributed by atoms with Crippen molar-refractivity contribution in [1.82, 2.24) is 0 Å². The predicted octanol–water partition coefficient (Wildman–Crippen LogP) is 5.16. The molecule has 0 spiro atoms. The van der Waals surface area contributed by atoms with E-state index in [1.165, 1.54) is 0 Å². The second kappa shape index (κ2) is 6.25. The maximum Gasteiger partial charge on any atom is 0.133 e. The first-order valence-corrected chi connectivity index (χ1v) is 6.89. The number of nitrogen functional groups attached to an aromatic ring is 1. The molecule has 0 aliphatic heterocycles. The Balaban J connectivity index is 2.26. The Morgan fingerprint density at radius 2 is 1.40 bits per heavy atom. The van der Waals surface area contributed by atoms with Gasteiger partial charge in [-0.05, 0) is 32.0 Å². The van der Waals surface area contributed by atoms with Crippen molar-refractivity contribution in [3.8, 4) is 17.2 Å². The molecule has 2 aromatic carbocycles. The molecule has 2 rings (SSSR count). The summed E-state index contributed by atoms with van der Waals surface area (Å²) in [6.45, 7) is 3.89. The number of hydrogen-bond donors (Lipinski definition) is 1. The van der Waals surface area contributed by atoms with Crippen LogP contribution in [0.1, 0.15) is 13.8 Å². The van der Waals surface area contributed by atoms with E-state index in [9.17, 15) is 0 Å². The summed E-state index contributed by atoms with van der Waals surface area (Å²) < 4.78 is 11.3. The van der Waals surface area contributed by atoms with Crippen LogP contribution in [-0.4, -0.2) is 6.10 Å². The smallest absolute Gasteiger partial charge is 0.133 e. The third-order valence-electron chi connectivity index (χ3n) is 2.35. The second-order valence-corrected chi connectivity index (χ2v) is 5.48. The number of nitrogens with two attached hydrogens (primary N) is 1. The molecule has 0 aromatic heterocycles. The summed E-state index contributed by atoms with van der Waals surface area (Å²) in [5, 5.41) is 1.02. The minimum absolute atomic E-state index is 0.0604. The molecule has 0 bridgehead atoms. The summed E-state index contributed by atoms with van der Waals surface area (Å²) in [5.41, 5.74) is 6.40. The molecule has 3 nitrogen and oxygen atoms in total. The summed E-state index contributed by atoms with van der Waals surface area (Å²) in [7, 11) is 0. The van der Waals surface area contributed by atoms with Gasteiger partial charge in [-0.25, -0.2) is 0 Å². The first-order valence-electron chi connectivity index (χ1n) is 6.13. The lowest BCUT2D eigenvalue weighted by Gasteiger charge is -2.13. The Labute approximate surface area is 128 Å². The average Bonchev–Trinajstić information content (AvgIpc) is 2.24. The van der Waals surface area contributed by atoms with E-state index in [4.69, 9.17) is 38.4 Å². The van der Waals surface area contributed by atoms with Crippen molar-refractivity contribution < 1.29 is 9.47 Å². The van der Waals surface area contributed by atoms with Gasteiger partial charge in [0, 0.05) is 33.9 Å². The zero-order chi connectivity index (χ0) is 14.7. The van der Waals surface area contributed by atoms with Gasteiger partial charge in [-0.1, -0.05) is 23.2 Å². The van der Waals surface area contributed by atoms with E-state index in [1.54, 1.807) is 36.4 Å². The van der Waals surface area contributed by atoms with Crippen LogP contribution in [0.25, 0.3) is 0 Å². The highest BCUT2D eigenvalue weighted by Gasteiger charge is 2.06. The van der Waals surface area contributed by atoms with Crippen molar-refractivity contribution in [2.75, 3.05) is 5.73 Å². The lowest BCUT2D eigenvalue weighted by atomic mass is 10.2. The number of halogens is 2. The van der Waals surface area contributed by atoms with Gasteiger partial charge in [0.15, 0.2) is 0 Å².